The molecule has 0 saturated carbocycles. The smallest absolute Gasteiger partial charge is 0.188 e. The molecule has 7 heteroatoms. The Morgan fingerprint density at radius 1 is 1.33 bits per heavy atom. The molecule has 0 aliphatic rings. The molecular weight excluding hydrogens is 278 g/mol. The molecule has 1 unspecified atom stereocenters. The Hall–Kier alpha value is -3.06. The zero-order valence-electron chi connectivity index (χ0n) is 10.8. The fourth-order valence-electron chi connectivity index (χ4n) is 1.89. The van der Waals surface area contributed by atoms with Crippen LogP contribution >= 0.6 is 0 Å². The molecule has 0 saturated heterocycles. The molecule has 0 bridgehead atoms. The Morgan fingerprint density at radius 3 is 2.62 bits per heavy atom. The molecule has 21 heavy (non-hydrogen) atoms. The fraction of sp³-hybridized carbons (Fsp3) is 0.143. The Morgan fingerprint density at radius 2 is 2.05 bits per heavy atom. The summed E-state index contributed by atoms with van der Waals surface area (Å²) in [5.74, 6) is -2.42. The van der Waals surface area contributed by atoms with Gasteiger partial charge in [0.25, 0.3) is 0 Å². The topological polar surface area (TPSA) is 82.5 Å². The van der Waals surface area contributed by atoms with Crippen molar-refractivity contribution < 1.29 is 13.6 Å². The highest BCUT2D eigenvalue weighted by Gasteiger charge is 2.24. The number of nitrogens with zero attached hydrogens (tertiary/aromatic N) is 4. The second-order valence-corrected chi connectivity index (χ2v) is 4.24. The predicted octanol–water partition coefficient (Wildman–Crippen LogP) is 2.35. The number of hydrogen-bond donors (Lipinski definition) is 0. The lowest BCUT2D eigenvalue weighted by atomic mass is 10.0. The molecule has 1 aromatic carbocycles. The molecule has 0 N–H and O–H groups in total. The monoisotopic (exact) mass is 286 g/mol. The maximum absolute atomic E-state index is 13.6. The molecular formula is C14H8F2N4O. The van der Waals surface area contributed by atoms with Crippen LogP contribution in [-0.2, 0) is 0 Å². The lowest BCUT2D eigenvalue weighted by Crippen LogP contribution is -2.18. The van der Waals surface area contributed by atoms with Crippen molar-refractivity contribution in [3.05, 3.63) is 53.1 Å². The maximum atomic E-state index is 13.6. The summed E-state index contributed by atoms with van der Waals surface area (Å²) in [7, 11) is 0. The van der Waals surface area contributed by atoms with Gasteiger partial charge in [-0.25, -0.2) is 13.8 Å². The number of imidazole rings is 1. The van der Waals surface area contributed by atoms with Gasteiger partial charge in [0.1, 0.15) is 23.8 Å². The molecule has 2 rings (SSSR count). The number of carbonyl (C=O) groups excluding carboxylic acids is 1. The normalized spacial score (nSPS) is 11.5. The highest BCUT2D eigenvalue weighted by Crippen LogP contribution is 2.20. The third-order valence-corrected chi connectivity index (χ3v) is 3.00. The van der Waals surface area contributed by atoms with Crippen LogP contribution in [0.2, 0.25) is 0 Å². The van der Waals surface area contributed by atoms with Gasteiger partial charge in [-0.2, -0.15) is 10.5 Å². The van der Waals surface area contributed by atoms with Crippen molar-refractivity contribution in [3.8, 4) is 12.1 Å². The summed E-state index contributed by atoms with van der Waals surface area (Å²) < 4.78 is 27.7. The molecule has 0 amide bonds. The van der Waals surface area contributed by atoms with Gasteiger partial charge in [0.15, 0.2) is 17.2 Å². The Balaban J connectivity index is 2.43. The summed E-state index contributed by atoms with van der Waals surface area (Å²) in [5.41, 5.74) is -0.488. The Bertz CT molecular complexity index is 798. The summed E-state index contributed by atoms with van der Waals surface area (Å²) in [4.78, 5) is 16.0. The van der Waals surface area contributed by atoms with E-state index in [9.17, 15) is 13.6 Å². The van der Waals surface area contributed by atoms with E-state index >= 15 is 0 Å². The van der Waals surface area contributed by atoms with Crippen molar-refractivity contribution >= 4 is 5.78 Å². The van der Waals surface area contributed by atoms with E-state index in [1.54, 1.807) is 12.1 Å². The molecule has 0 radical (unpaired) electrons. The maximum Gasteiger partial charge on any atom is 0.188 e. The van der Waals surface area contributed by atoms with Gasteiger partial charge in [-0.3, -0.25) is 4.79 Å². The van der Waals surface area contributed by atoms with Crippen LogP contribution in [0, 0.1) is 34.3 Å². The first-order valence-electron chi connectivity index (χ1n) is 5.86. The van der Waals surface area contributed by atoms with E-state index in [4.69, 9.17) is 10.5 Å². The van der Waals surface area contributed by atoms with Gasteiger partial charge >= 0.3 is 0 Å². The number of rotatable bonds is 3. The average Bonchev–Trinajstić information content (AvgIpc) is 2.88. The van der Waals surface area contributed by atoms with Crippen LogP contribution in [0.15, 0.2) is 24.5 Å². The van der Waals surface area contributed by atoms with Crippen LogP contribution in [0.25, 0.3) is 0 Å². The number of Topliss-reactive ketones (excluding diaryl/α,β-unsaturated/α-hetero) is 1. The molecule has 104 valence electrons. The summed E-state index contributed by atoms with van der Waals surface area (Å²) in [6.45, 7) is 1.44. The summed E-state index contributed by atoms with van der Waals surface area (Å²) in [6, 6.07) is 5.18. The molecule has 2 aromatic rings. The van der Waals surface area contributed by atoms with Crippen LogP contribution in [0.3, 0.4) is 0 Å². The van der Waals surface area contributed by atoms with Crippen molar-refractivity contribution in [1.29, 1.82) is 10.5 Å². The lowest BCUT2D eigenvalue weighted by Gasteiger charge is -2.13. The Kier molecular flexibility index (Phi) is 3.77. The first-order valence-corrected chi connectivity index (χ1v) is 5.86. The molecule has 0 aliphatic carbocycles. The van der Waals surface area contributed by atoms with Crippen molar-refractivity contribution in [2.75, 3.05) is 0 Å². The van der Waals surface area contributed by atoms with E-state index in [0.29, 0.717) is 6.07 Å². The van der Waals surface area contributed by atoms with Crippen molar-refractivity contribution in [3.63, 3.8) is 0 Å². The standard InChI is InChI=1S/C14H8F2N4O/c1-8(20-7-19-12(5-17)13(20)6-18)14(21)10-3-2-9(15)4-11(10)16/h2-4,7-8H,1H3. The zero-order valence-corrected chi connectivity index (χ0v) is 10.8. The average molecular weight is 286 g/mol. The molecule has 1 aromatic heterocycles. The minimum absolute atomic E-state index is 0.0825. The number of carbonyl (C=O) groups is 1. The van der Waals surface area contributed by atoms with Gasteiger partial charge in [0, 0.05) is 6.07 Å². The van der Waals surface area contributed by atoms with Crippen LogP contribution < -0.4 is 0 Å². The van der Waals surface area contributed by atoms with E-state index in [-0.39, 0.29) is 17.0 Å². The first-order chi connectivity index (χ1) is 9.99. The molecule has 0 aliphatic heterocycles. The van der Waals surface area contributed by atoms with Crippen LogP contribution in [0.4, 0.5) is 8.78 Å². The zero-order chi connectivity index (χ0) is 15.6. The number of aromatic nitrogens is 2. The van der Waals surface area contributed by atoms with Crippen molar-refractivity contribution in [2.24, 2.45) is 0 Å². The minimum atomic E-state index is -0.981. The van der Waals surface area contributed by atoms with Crippen molar-refractivity contribution in [1.82, 2.24) is 9.55 Å². The summed E-state index contributed by atoms with van der Waals surface area (Å²) >= 11 is 0. The molecule has 1 heterocycles. The molecule has 0 spiro atoms. The molecule has 0 fully saturated rings. The van der Waals surface area contributed by atoms with E-state index in [2.05, 4.69) is 4.98 Å². The van der Waals surface area contributed by atoms with E-state index < -0.39 is 23.5 Å². The molecule has 5 nitrogen and oxygen atoms in total. The van der Waals surface area contributed by atoms with E-state index in [1.165, 1.54) is 17.8 Å². The first kappa shape index (κ1) is 14.4. The lowest BCUT2D eigenvalue weighted by molar-refractivity contribution is 0.0930. The van der Waals surface area contributed by atoms with Crippen LogP contribution in [0.1, 0.15) is 34.7 Å². The van der Waals surface area contributed by atoms with Gasteiger partial charge in [-0.15, -0.1) is 0 Å². The third kappa shape index (κ3) is 2.49. The van der Waals surface area contributed by atoms with Gasteiger partial charge in [0.2, 0.25) is 0 Å². The van der Waals surface area contributed by atoms with Gasteiger partial charge in [-0.05, 0) is 19.1 Å². The van der Waals surface area contributed by atoms with E-state index in [0.717, 1.165) is 12.1 Å². The Labute approximate surface area is 118 Å². The van der Waals surface area contributed by atoms with Gasteiger partial charge < -0.3 is 4.57 Å². The number of hydrogen-bond acceptors (Lipinski definition) is 4. The van der Waals surface area contributed by atoms with Crippen LogP contribution in [0.5, 0.6) is 0 Å². The highest BCUT2D eigenvalue weighted by atomic mass is 19.1. The second-order valence-electron chi connectivity index (χ2n) is 4.24. The number of halogens is 2. The minimum Gasteiger partial charge on any atom is -0.310 e. The quantitative estimate of drug-likeness (QED) is 0.811. The fourth-order valence-corrected chi connectivity index (χ4v) is 1.89. The number of benzene rings is 1. The largest absolute Gasteiger partial charge is 0.310 e. The second kappa shape index (κ2) is 5.51. The highest BCUT2D eigenvalue weighted by molar-refractivity contribution is 5.99. The predicted molar refractivity (Wildman–Crippen MR) is 67.1 cm³/mol. The number of nitriles is 2. The van der Waals surface area contributed by atoms with Gasteiger partial charge in [-0.1, -0.05) is 0 Å². The van der Waals surface area contributed by atoms with E-state index in [1.807, 2.05) is 0 Å². The summed E-state index contributed by atoms with van der Waals surface area (Å²) in [5, 5.41) is 17.8. The van der Waals surface area contributed by atoms with Gasteiger partial charge in [0.05, 0.1) is 17.9 Å². The molecule has 1 atom stereocenters. The van der Waals surface area contributed by atoms with Crippen LogP contribution in [-0.4, -0.2) is 15.3 Å². The third-order valence-electron chi connectivity index (χ3n) is 3.00. The number of ketones is 1. The summed E-state index contributed by atoms with van der Waals surface area (Å²) in [6.07, 6.45) is 1.17. The SMILES string of the molecule is CC(C(=O)c1ccc(F)cc1F)n1cnc(C#N)c1C#N. The van der Waals surface area contributed by atoms with Crippen molar-refractivity contribution in [2.45, 2.75) is 13.0 Å².